The van der Waals surface area contributed by atoms with Crippen LogP contribution in [0.15, 0.2) is 18.5 Å². The summed E-state index contributed by atoms with van der Waals surface area (Å²) in [5.74, 6) is 1.09. The molecule has 0 aliphatic carbocycles. The van der Waals surface area contributed by atoms with Crippen molar-refractivity contribution in [2.45, 2.75) is 19.8 Å². The normalized spacial score (nSPS) is 11.3. The molecule has 2 aromatic heterocycles. The number of nitrogen functional groups attached to an aromatic ring is 1. The van der Waals surface area contributed by atoms with E-state index in [0.717, 1.165) is 11.2 Å². The fourth-order valence-corrected chi connectivity index (χ4v) is 1.54. The SMILES string of the molecule is CC(C)c1c(N)[nH][n+]2cccnc12. The van der Waals surface area contributed by atoms with Crippen LogP contribution in [0.3, 0.4) is 0 Å². The van der Waals surface area contributed by atoms with Gasteiger partial charge in [-0.25, -0.2) is 5.10 Å². The first-order valence-corrected chi connectivity index (χ1v) is 4.34. The topological polar surface area (TPSA) is 58.8 Å². The molecule has 0 aliphatic heterocycles. The molecule has 3 N–H and O–H groups in total. The maximum atomic E-state index is 5.84. The number of nitrogens with one attached hydrogen (secondary N) is 1. The third kappa shape index (κ3) is 1.14. The van der Waals surface area contributed by atoms with Crippen LogP contribution in [0, 0.1) is 0 Å². The minimum absolute atomic E-state index is 0.385. The van der Waals surface area contributed by atoms with E-state index < -0.39 is 0 Å². The molecule has 4 heteroatoms. The quantitative estimate of drug-likeness (QED) is 0.634. The second-order valence-electron chi connectivity index (χ2n) is 3.41. The first-order chi connectivity index (χ1) is 6.20. The summed E-state index contributed by atoms with van der Waals surface area (Å²) in [5, 5.41) is 3.04. The molecule has 0 amide bonds. The summed E-state index contributed by atoms with van der Waals surface area (Å²) < 4.78 is 1.84. The molecule has 0 bridgehead atoms. The van der Waals surface area contributed by atoms with E-state index in [1.54, 1.807) is 6.20 Å². The highest BCUT2D eigenvalue weighted by atomic mass is 15.3. The Kier molecular flexibility index (Phi) is 1.69. The van der Waals surface area contributed by atoms with Gasteiger partial charge in [0.25, 0.3) is 0 Å². The molecule has 2 aromatic rings. The summed E-state index contributed by atoms with van der Waals surface area (Å²) in [6, 6.07) is 1.87. The molecule has 4 nitrogen and oxygen atoms in total. The molecule has 0 aliphatic rings. The molecule has 0 saturated heterocycles. The van der Waals surface area contributed by atoms with Crippen LogP contribution in [0.2, 0.25) is 0 Å². The van der Waals surface area contributed by atoms with Crippen molar-refractivity contribution in [2.75, 3.05) is 5.73 Å². The Labute approximate surface area is 76.4 Å². The Morgan fingerprint density at radius 1 is 1.54 bits per heavy atom. The first-order valence-electron chi connectivity index (χ1n) is 4.34. The van der Waals surface area contributed by atoms with E-state index in [2.05, 4.69) is 23.9 Å². The van der Waals surface area contributed by atoms with Crippen molar-refractivity contribution >= 4 is 11.5 Å². The minimum Gasteiger partial charge on any atom is -0.382 e. The Morgan fingerprint density at radius 2 is 2.31 bits per heavy atom. The summed E-state index contributed by atoms with van der Waals surface area (Å²) in [5.41, 5.74) is 7.83. The van der Waals surface area contributed by atoms with Gasteiger partial charge in [0.2, 0.25) is 0 Å². The molecular formula is C9H13N4+. The second-order valence-corrected chi connectivity index (χ2v) is 3.41. The third-order valence-corrected chi connectivity index (χ3v) is 2.10. The van der Waals surface area contributed by atoms with Crippen LogP contribution in [-0.2, 0) is 0 Å². The van der Waals surface area contributed by atoms with Crippen molar-refractivity contribution < 1.29 is 4.52 Å². The zero-order valence-electron chi connectivity index (χ0n) is 7.78. The fourth-order valence-electron chi connectivity index (χ4n) is 1.54. The average molecular weight is 177 g/mol. The lowest BCUT2D eigenvalue weighted by Gasteiger charge is -1.97. The Balaban J connectivity index is 2.78. The molecule has 0 fully saturated rings. The van der Waals surface area contributed by atoms with Crippen molar-refractivity contribution in [3.63, 3.8) is 0 Å². The number of H-pyrrole nitrogens is 1. The van der Waals surface area contributed by atoms with E-state index in [1.807, 2.05) is 16.8 Å². The summed E-state index contributed by atoms with van der Waals surface area (Å²) in [6.07, 6.45) is 3.68. The predicted molar refractivity (Wildman–Crippen MR) is 50.2 cm³/mol. The number of nitrogens with zero attached hydrogens (tertiary/aromatic N) is 2. The van der Waals surface area contributed by atoms with Gasteiger partial charge in [0.05, 0.1) is 5.56 Å². The molecule has 0 spiro atoms. The predicted octanol–water partition coefficient (Wildman–Crippen LogP) is 0.854. The lowest BCUT2D eigenvalue weighted by molar-refractivity contribution is -0.578. The number of nitrogens with two attached hydrogens (primary N) is 1. The number of anilines is 1. The van der Waals surface area contributed by atoms with Gasteiger partial charge in [0, 0.05) is 6.07 Å². The number of aromatic amines is 1. The molecule has 2 heterocycles. The second kappa shape index (κ2) is 2.73. The third-order valence-electron chi connectivity index (χ3n) is 2.10. The maximum Gasteiger partial charge on any atom is 0.353 e. The number of hydrogen-bond acceptors (Lipinski definition) is 2. The summed E-state index contributed by atoms with van der Waals surface area (Å²) in [6.45, 7) is 4.21. The van der Waals surface area contributed by atoms with Crippen LogP contribution < -0.4 is 10.2 Å². The molecule has 0 saturated carbocycles. The lowest BCUT2D eigenvalue weighted by Crippen LogP contribution is -2.23. The number of fused-ring (bicyclic) bond motifs is 1. The van der Waals surface area contributed by atoms with Crippen molar-refractivity contribution in [1.29, 1.82) is 0 Å². The highest BCUT2D eigenvalue weighted by molar-refractivity contribution is 5.55. The molecule has 68 valence electrons. The Bertz CT molecular complexity index is 430. The van der Waals surface area contributed by atoms with Gasteiger partial charge in [-0.3, -0.25) is 0 Å². The highest BCUT2D eigenvalue weighted by Gasteiger charge is 2.19. The molecular weight excluding hydrogens is 164 g/mol. The van der Waals surface area contributed by atoms with Gasteiger partial charge < -0.3 is 5.73 Å². The molecule has 0 unspecified atom stereocenters. The van der Waals surface area contributed by atoms with Gasteiger partial charge in [-0.1, -0.05) is 13.8 Å². The standard InChI is InChI=1S/C9H12N4/c1-6(2)7-8(10)12-13-5-3-4-11-9(7)13/h3-6H,1-2H3,(H2,10,12)/p+1. The molecule has 0 atom stereocenters. The van der Waals surface area contributed by atoms with Crippen LogP contribution in [0.25, 0.3) is 5.65 Å². The van der Waals surface area contributed by atoms with Gasteiger partial charge in [-0.2, -0.15) is 0 Å². The van der Waals surface area contributed by atoms with Crippen molar-refractivity contribution in [1.82, 2.24) is 10.1 Å². The van der Waals surface area contributed by atoms with Crippen molar-refractivity contribution in [2.24, 2.45) is 0 Å². The van der Waals surface area contributed by atoms with E-state index in [9.17, 15) is 0 Å². The monoisotopic (exact) mass is 177 g/mol. The van der Waals surface area contributed by atoms with E-state index in [-0.39, 0.29) is 0 Å². The van der Waals surface area contributed by atoms with Crippen LogP contribution in [-0.4, -0.2) is 10.1 Å². The van der Waals surface area contributed by atoms with Gasteiger partial charge in [0.15, 0.2) is 0 Å². The zero-order valence-corrected chi connectivity index (χ0v) is 7.78. The number of aromatic nitrogens is 3. The van der Waals surface area contributed by atoms with Crippen molar-refractivity contribution in [3.8, 4) is 0 Å². The molecule has 0 aromatic carbocycles. The van der Waals surface area contributed by atoms with Gasteiger partial charge >= 0.3 is 5.65 Å². The lowest BCUT2D eigenvalue weighted by atomic mass is 10.1. The number of hydrogen-bond donors (Lipinski definition) is 2. The Hall–Kier alpha value is -1.58. The zero-order chi connectivity index (χ0) is 9.42. The summed E-state index contributed by atoms with van der Waals surface area (Å²) >= 11 is 0. The van der Waals surface area contributed by atoms with E-state index in [0.29, 0.717) is 11.7 Å². The Morgan fingerprint density at radius 3 is 3.00 bits per heavy atom. The largest absolute Gasteiger partial charge is 0.382 e. The van der Waals surface area contributed by atoms with Crippen molar-refractivity contribution in [3.05, 3.63) is 24.0 Å². The van der Waals surface area contributed by atoms with E-state index in [1.165, 1.54) is 0 Å². The number of rotatable bonds is 1. The van der Waals surface area contributed by atoms with Gasteiger partial charge in [0.1, 0.15) is 18.2 Å². The van der Waals surface area contributed by atoms with Crippen LogP contribution >= 0.6 is 0 Å². The minimum atomic E-state index is 0.385. The average Bonchev–Trinajstić information content (AvgIpc) is 2.39. The maximum absolute atomic E-state index is 5.84. The van der Waals surface area contributed by atoms with Crippen LogP contribution in [0.1, 0.15) is 25.3 Å². The fraction of sp³-hybridized carbons (Fsp3) is 0.333. The van der Waals surface area contributed by atoms with E-state index >= 15 is 0 Å². The van der Waals surface area contributed by atoms with Crippen LogP contribution in [0.5, 0.6) is 0 Å². The highest BCUT2D eigenvalue weighted by Crippen LogP contribution is 2.21. The molecule has 2 rings (SSSR count). The first kappa shape index (κ1) is 8.04. The van der Waals surface area contributed by atoms with Gasteiger partial charge in [-0.05, 0) is 10.9 Å². The van der Waals surface area contributed by atoms with Crippen LogP contribution in [0.4, 0.5) is 5.82 Å². The summed E-state index contributed by atoms with van der Waals surface area (Å²) in [7, 11) is 0. The molecule has 13 heavy (non-hydrogen) atoms. The van der Waals surface area contributed by atoms with E-state index in [4.69, 9.17) is 5.73 Å². The van der Waals surface area contributed by atoms with Gasteiger partial charge in [-0.15, -0.1) is 4.52 Å². The summed E-state index contributed by atoms with van der Waals surface area (Å²) in [4.78, 5) is 4.27. The molecule has 0 radical (unpaired) electrons. The smallest absolute Gasteiger partial charge is 0.353 e.